The summed E-state index contributed by atoms with van der Waals surface area (Å²) < 4.78 is 6.72. The van der Waals surface area contributed by atoms with Crippen LogP contribution in [0.3, 0.4) is 0 Å². The molecule has 0 spiro atoms. The van der Waals surface area contributed by atoms with Gasteiger partial charge in [0.25, 0.3) is 5.91 Å². The summed E-state index contributed by atoms with van der Waals surface area (Å²) >= 11 is 1.73. The Balaban J connectivity index is 1.57. The number of esters is 1. The van der Waals surface area contributed by atoms with E-state index in [1.807, 2.05) is 11.4 Å². The second kappa shape index (κ2) is 5.92. The lowest BCUT2D eigenvalue weighted by atomic mass is 10.1. The molecule has 0 aromatic carbocycles. The molecule has 0 saturated carbocycles. The van der Waals surface area contributed by atoms with Gasteiger partial charge in [-0.1, -0.05) is 0 Å². The van der Waals surface area contributed by atoms with Gasteiger partial charge < -0.3 is 9.64 Å². The van der Waals surface area contributed by atoms with Crippen molar-refractivity contribution in [2.45, 2.75) is 19.9 Å². The number of fused-ring (bicyclic) bond motifs is 1. The summed E-state index contributed by atoms with van der Waals surface area (Å²) in [6.07, 6.45) is 2.33. The van der Waals surface area contributed by atoms with Gasteiger partial charge in [-0.05, 0) is 30.4 Å². The zero-order valence-electron chi connectivity index (χ0n) is 12.5. The molecule has 0 unspecified atom stereocenters. The molecule has 0 fully saturated rings. The van der Waals surface area contributed by atoms with E-state index in [9.17, 15) is 9.59 Å². The van der Waals surface area contributed by atoms with E-state index >= 15 is 0 Å². The number of thiophene rings is 1. The van der Waals surface area contributed by atoms with Crippen molar-refractivity contribution in [3.8, 4) is 0 Å². The molecular formula is C15H17N3O3S. The molecule has 22 heavy (non-hydrogen) atoms. The second-order valence-corrected chi connectivity index (χ2v) is 6.28. The van der Waals surface area contributed by atoms with Crippen molar-refractivity contribution < 1.29 is 14.3 Å². The minimum atomic E-state index is -0.507. The average molecular weight is 319 g/mol. The number of carbonyl (C=O) groups excluding carboxylic acids is 2. The first-order chi connectivity index (χ1) is 10.6. The van der Waals surface area contributed by atoms with Gasteiger partial charge in [-0.25, -0.2) is 4.79 Å². The molecular weight excluding hydrogens is 302 g/mol. The van der Waals surface area contributed by atoms with Crippen molar-refractivity contribution in [2.24, 2.45) is 7.05 Å². The van der Waals surface area contributed by atoms with Gasteiger partial charge in [0.05, 0.1) is 6.20 Å². The van der Waals surface area contributed by atoms with Gasteiger partial charge >= 0.3 is 5.97 Å². The topological polar surface area (TPSA) is 64.4 Å². The van der Waals surface area contributed by atoms with Crippen LogP contribution in [0, 0.1) is 6.92 Å². The molecule has 0 saturated heterocycles. The molecule has 2 aromatic heterocycles. The number of hydrogen-bond acceptors (Lipinski definition) is 5. The Kier molecular flexibility index (Phi) is 3.98. The van der Waals surface area contributed by atoms with E-state index in [1.54, 1.807) is 34.9 Å². The first-order valence-corrected chi connectivity index (χ1v) is 7.93. The maximum Gasteiger partial charge on any atom is 0.342 e. The quantitative estimate of drug-likeness (QED) is 0.805. The highest BCUT2D eigenvalue weighted by Crippen LogP contribution is 2.24. The smallest absolute Gasteiger partial charge is 0.342 e. The molecule has 7 heteroatoms. The molecule has 0 radical (unpaired) electrons. The van der Waals surface area contributed by atoms with E-state index < -0.39 is 5.97 Å². The summed E-state index contributed by atoms with van der Waals surface area (Å²) in [6, 6.07) is 2.05. The highest BCUT2D eigenvalue weighted by atomic mass is 32.1. The van der Waals surface area contributed by atoms with Crippen molar-refractivity contribution >= 4 is 23.2 Å². The lowest BCUT2D eigenvalue weighted by Crippen LogP contribution is -2.38. The van der Waals surface area contributed by atoms with Gasteiger partial charge in [-0.2, -0.15) is 5.10 Å². The fraction of sp³-hybridized carbons (Fsp3) is 0.400. The summed E-state index contributed by atoms with van der Waals surface area (Å²) in [5.41, 5.74) is 2.31. The monoisotopic (exact) mass is 319 g/mol. The molecule has 1 aliphatic heterocycles. The van der Waals surface area contributed by atoms with Gasteiger partial charge in [0, 0.05) is 30.7 Å². The minimum absolute atomic E-state index is 0.160. The Labute approximate surface area is 132 Å². The molecule has 3 heterocycles. The Morgan fingerprint density at radius 2 is 2.27 bits per heavy atom. The fourth-order valence-corrected chi connectivity index (χ4v) is 3.35. The van der Waals surface area contributed by atoms with Crippen LogP contribution in [0.25, 0.3) is 0 Å². The van der Waals surface area contributed by atoms with Crippen molar-refractivity contribution in [2.75, 3.05) is 13.2 Å². The highest BCUT2D eigenvalue weighted by Gasteiger charge is 2.23. The van der Waals surface area contributed by atoms with E-state index in [4.69, 9.17) is 4.74 Å². The summed E-state index contributed by atoms with van der Waals surface area (Å²) in [5.74, 6) is -0.668. The van der Waals surface area contributed by atoms with Crippen molar-refractivity contribution in [1.82, 2.24) is 14.7 Å². The minimum Gasteiger partial charge on any atom is -0.452 e. The average Bonchev–Trinajstić information content (AvgIpc) is 3.11. The molecule has 3 rings (SSSR count). The lowest BCUT2D eigenvalue weighted by Gasteiger charge is -2.26. The predicted octanol–water partition coefficient (Wildman–Crippen LogP) is 1.53. The van der Waals surface area contributed by atoms with Gasteiger partial charge in [0.1, 0.15) is 5.56 Å². The number of amides is 1. The van der Waals surface area contributed by atoms with Crippen LogP contribution in [-0.4, -0.2) is 39.7 Å². The van der Waals surface area contributed by atoms with Crippen LogP contribution in [0.1, 0.15) is 26.5 Å². The van der Waals surface area contributed by atoms with Crippen LogP contribution in [0.4, 0.5) is 0 Å². The maximum atomic E-state index is 12.2. The van der Waals surface area contributed by atoms with Gasteiger partial charge in [0.15, 0.2) is 6.61 Å². The third kappa shape index (κ3) is 2.76. The molecule has 1 aliphatic rings. The van der Waals surface area contributed by atoms with Crippen molar-refractivity contribution in [3.63, 3.8) is 0 Å². The molecule has 6 nitrogen and oxygen atoms in total. The number of nitrogens with zero attached hydrogens (tertiary/aromatic N) is 3. The van der Waals surface area contributed by atoms with E-state index in [1.165, 1.54) is 16.6 Å². The third-order valence-corrected chi connectivity index (χ3v) is 4.97. The summed E-state index contributed by atoms with van der Waals surface area (Å²) in [5, 5.41) is 6.04. The number of aryl methyl sites for hydroxylation is 1. The maximum absolute atomic E-state index is 12.2. The van der Waals surface area contributed by atoms with E-state index in [2.05, 4.69) is 5.10 Å². The molecule has 0 bridgehead atoms. The highest BCUT2D eigenvalue weighted by molar-refractivity contribution is 7.10. The van der Waals surface area contributed by atoms with Crippen LogP contribution in [-0.2, 0) is 29.5 Å². The van der Waals surface area contributed by atoms with E-state index in [-0.39, 0.29) is 12.5 Å². The molecule has 0 N–H and O–H groups in total. The van der Waals surface area contributed by atoms with Crippen LogP contribution in [0.5, 0.6) is 0 Å². The zero-order valence-corrected chi connectivity index (χ0v) is 13.4. The molecule has 0 atom stereocenters. The van der Waals surface area contributed by atoms with Crippen molar-refractivity contribution in [1.29, 1.82) is 0 Å². The summed E-state index contributed by atoms with van der Waals surface area (Å²) in [7, 11) is 1.75. The summed E-state index contributed by atoms with van der Waals surface area (Å²) in [6.45, 7) is 2.83. The predicted molar refractivity (Wildman–Crippen MR) is 81.7 cm³/mol. The number of carbonyl (C=O) groups is 2. The Hall–Kier alpha value is -2.15. The normalized spacial score (nSPS) is 13.8. The fourth-order valence-electron chi connectivity index (χ4n) is 2.46. The Morgan fingerprint density at radius 3 is 3.00 bits per heavy atom. The third-order valence-electron chi connectivity index (χ3n) is 3.94. The number of ether oxygens (including phenoxy) is 1. The Morgan fingerprint density at radius 1 is 1.45 bits per heavy atom. The van der Waals surface area contributed by atoms with Crippen LogP contribution in [0.15, 0.2) is 17.6 Å². The Bertz CT molecular complexity index is 719. The first kappa shape index (κ1) is 14.8. The first-order valence-electron chi connectivity index (χ1n) is 7.05. The largest absolute Gasteiger partial charge is 0.452 e. The van der Waals surface area contributed by atoms with Crippen LogP contribution in [0.2, 0.25) is 0 Å². The molecule has 2 aromatic rings. The zero-order chi connectivity index (χ0) is 15.7. The lowest BCUT2D eigenvalue weighted by molar-refractivity contribution is -0.135. The number of aromatic nitrogens is 2. The van der Waals surface area contributed by atoms with Crippen LogP contribution < -0.4 is 0 Å². The van der Waals surface area contributed by atoms with Gasteiger partial charge in [0.2, 0.25) is 0 Å². The second-order valence-electron chi connectivity index (χ2n) is 5.28. The summed E-state index contributed by atoms with van der Waals surface area (Å²) in [4.78, 5) is 27.2. The SMILES string of the molecule is Cc1c(C(=O)OCC(=O)N2CCc3sccc3C2)cnn1C. The standard InChI is InChI=1S/C15H17N3O3S/c1-10-12(7-16-17(10)2)15(20)21-9-14(19)18-5-3-13-11(8-18)4-6-22-13/h4,6-7H,3,5,8-9H2,1-2H3. The van der Waals surface area contributed by atoms with Crippen LogP contribution >= 0.6 is 11.3 Å². The molecule has 0 aliphatic carbocycles. The van der Waals surface area contributed by atoms with Gasteiger partial charge in [-0.3, -0.25) is 9.48 Å². The molecule has 1 amide bonds. The number of hydrogen-bond donors (Lipinski definition) is 0. The van der Waals surface area contributed by atoms with Crippen molar-refractivity contribution in [3.05, 3.63) is 39.3 Å². The van der Waals surface area contributed by atoms with E-state index in [0.717, 1.165) is 12.1 Å². The van der Waals surface area contributed by atoms with E-state index in [0.29, 0.717) is 18.7 Å². The molecule has 116 valence electrons. The number of rotatable bonds is 3. The van der Waals surface area contributed by atoms with Gasteiger partial charge in [-0.15, -0.1) is 11.3 Å².